The fourth-order valence-electron chi connectivity index (χ4n) is 2.88. The molecule has 0 saturated carbocycles. The van der Waals surface area contributed by atoms with Gasteiger partial charge in [-0.2, -0.15) is 0 Å². The van der Waals surface area contributed by atoms with Crippen LogP contribution in [0.15, 0.2) is 24.3 Å². The van der Waals surface area contributed by atoms with Gasteiger partial charge in [0.15, 0.2) is 0 Å². The van der Waals surface area contributed by atoms with Crippen molar-refractivity contribution in [3.8, 4) is 5.75 Å². The molecule has 0 bridgehead atoms. The van der Waals surface area contributed by atoms with Crippen molar-refractivity contribution < 1.29 is 14.3 Å². The Balaban J connectivity index is 1.79. The van der Waals surface area contributed by atoms with Crippen LogP contribution in [-0.4, -0.2) is 19.0 Å². The second-order valence-corrected chi connectivity index (χ2v) is 6.70. The highest BCUT2D eigenvalue weighted by Crippen LogP contribution is 2.37. The lowest BCUT2D eigenvalue weighted by atomic mass is 9.95. The number of fused-ring (bicyclic) bond motifs is 1. The number of anilines is 2. The van der Waals surface area contributed by atoms with E-state index in [2.05, 4.69) is 10.6 Å². The second kappa shape index (κ2) is 6.92. The highest BCUT2D eigenvalue weighted by atomic mass is 32.1. The van der Waals surface area contributed by atoms with E-state index >= 15 is 0 Å². The van der Waals surface area contributed by atoms with Gasteiger partial charge in [-0.05, 0) is 43.4 Å². The Kier molecular flexibility index (Phi) is 4.71. The Morgan fingerprint density at radius 2 is 2.00 bits per heavy atom. The fraction of sp³-hybridized carbons (Fsp3) is 0.294. The summed E-state index contributed by atoms with van der Waals surface area (Å²) in [6.45, 7) is 0. The number of hydrogen-bond acceptors (Lipinski definition) is 4. The monoisotopic (exact) mass is 345 g/mol. The number of aryl methyl sites for hydroxylation is 1. The van der Waals surface area contributed by atoms with E-state index in [1.54, 1.807) is 31.4 Å². The normalized spacial score (nSPS) is 13.0. The zero-order valence-corrected chi connectivity index (χ0v) is 14.2. The standard InChI is InChI=1S/C17H19N3O3S/c1-23-11-6-4-5-10(9-11)19-17(22)20-16-14(15(18)21)12-7-2-3-8-13(12)24-16/h4-6,9H,2-3,7-8H2,1H3,(H2,18,21)(H2,19,20,22). The Hall–Kier alpha value is -2.54. The number of amides is 3. The van der Waals surface area contributed by atoms with Crippen molar-refractivity contribution in [2.24, 2.45) is 5.73 Å². The van der Waals surface area contributed by atoms with Crippen molar-refractivity contribution in [1.82, 2.24) is 0 Å². The zero-order valence-electron chi connectivity index (χ0n) is 13.3. The summed E-state index contributed by atoms with van der Waals surface area (Å²) in [7, 11) is 1.56. The molecule has 0 fully saturated rings. The first kappa shape index (κ1) is 16.3. The molecule has 3 amide bonds. The van der Waals surface area contributed by atoms with Gasteiger partial charge in [-0.15, -0.1) is 11.3 Å². The SMILES string of the molecule is COc1cccc(NC(=O)Nc2sc3c(c2C(N)=O)CCCC3)c1. The first-order chi connectivity index (χ1) is 11.6. The molecular weight excluding hydrogens is 326 g/mol. The highest BCUT2D eigenvalue weighted by molar-refractivity contribution is 7.17. The van der Waals surface area contributed by atoms with Crippen LogP contribution in [0.1, 0.15) is 33.6 Å². The molecule has 0 saturated heterocycles. The molecule has 0 aliphatic heterocycles. The third-order valence-electron chi connectivity index (χ3n) is 3.97. The molecule has 24 heavy (non-hydrogen) atoms. The predicted octanol–water partition coefficient (Wildman–Crippen LogP) is 3.38. The summed E-state index contributed by atoms with van der Waals surface area (Å²) in [5.74, 6) is 0.156. The minimum absolute atomic E-state index is 0.413. The quantitative estimate of drug-likeness (QED) is 0.793. The molecule has 4 N–H and O–H groups in total. The van der Waals surface area contributed by atoms with Gasteiger partial charge in [-0.3, -0.25) is 10.1 Å². The Labute approximate surface area is 144 Å². The van der Waals surface area contributed by atoms with Gasteiger partial charge in [0.05, 0.1) is 12.7 Å². The van der Waals surface area contributed by atoms with Crippen LogP contribution in [0, 0.1) is 0 Å². The largest absolute Gasteiger partial charge is 0.497 e. The molecule has 7 heteroatoms. The lowest BCUT2D eigenvalue weighted by Gasteiger charge is -2.11. The number of primary amides is 1. The van der Waals surface area contributed by atoms with Crippen LogP contribution in [0.25, 0.3) is 0 Å². The number of urea groups is 1. The molecule has 0 radical (unpaired) electrons. The second-order valence-electron chi connectivity index (χ2n) is 5.59. The number of thiophene rings is 1. The molecule has 0 unspecified atom stereocenters. The molecule has 1 aromatic carbocycles. The number of nitrogens with one attached hydrogen (secondary N) is 2. The zero-order chi connectivity index (χ0) is 17.1. The average molecular weight is 345 g/mol. The van der Waals surface area contributed by atoms with E-state index in [0.717, 1.165) is 36.1 Å². The van der Waals surface area contributed by atoms with Crippen LogP contribution >= 0.6 is 11.3 Å². The fourth-order valence-corrected chi connectivity index (χ4v) is 4.17. The number of carbonyl (C=O) groups is 2. The number of nitrogens with two attached hydrogens (primary N) is 1. The van der Waals surface area contributed by atoms with Crippen molar-refractivity contribution in [3.63, 3.8) is 0 Å². The van der Waals surface area contributed by atoms with Gasteiger partial charge in [-0.25, -0.2) is 4.79 Å². The van der Waals surface area contributed by atoms with E-state index < -0.39 is 11.9 Å². The first-order valence-corrected chi connectivity index (χ1v) is 8.56. The van der Waals surface area contributed by atoms with Gasteiger partial charge in [-0.1, -0.05) is 6.07 Å². The number of rotatable bonds is 4. The molecule has 0 atom stereocenters. The predicted molar refractivity (Wildman–Crippen MR) is 95.1 cm³/mol. The van der Waals surface area contributed by atoms with E-state index in [-0.39, 0.29) is 0 Å². The molecule has 0 spiro atoms. The van der Waals surface area contributed by atoms with Crippen LogP contribution in [0.5, 0.6) is 5.75 Å². The Bertz CT molecular complexity index is 785. The van der Waals surface area contributed by atoms with E-state index in [4.69, 9.17) is 10.5 Å². The number of carbonyl (C=O) groups excluding carboxylic acids is 2. The summed E-state index contributed by atoms with van der Waals surface area (Å²) < 4.78 is 5.13. The topological polar surface area (TPSA) is 93.4 Å². The molecule has 1 aliphatic rings. The minimum atomic E-state index is -0.494. The summed E-state index contributed by atoms with van der Waals surface area (Å²) in [6, 6.07) is 6.64. The average Bonchev–Trinajstić information content (AvgIpc) is 2.92. The van der Waals surface area contributed by atoms with Crippen molar-refractivity contribution in [3.05, 3.63) is 40.3 Å². The van der Waals surface area contributed by atoms with Crippen LogP contribution in [-0.2, 0) is 12.8 Å². The smallest absolute Gasteiger partial charge is 0.324 e. The van der Waals surface area contributed by atoms with E-state index in [1.807, 2.05) is 0 Å². The van der Waals surface area contributed by atoms with Crippen LogP contribution in [0.2, 0.25) is 0 Å². The summed E-state index contributed by atoms with van der Waals surface area (Å²) in [4.78, 5) is 25.2. The van der Waals surface area contributed by atoms with Gasteiger partial charge in [0.2, 0.25) is 0 Å². The van der Waals surface area contributed by atoms with Crippen molar-refractivity contribution in [2.45, 2.75) is 25.7 Å². The summed E-state index contributed by atoms with van der Waals surface area (Å²) in [5, 5.41) is 6.02. The third kappa shape index (κ3) is 3.35. The number of ether oxygens (including phenoxy) is 1. The maximum atomic E-state index is 12.3. The van der Waals surface area contributed by atoms with E-state index in [1.165, 1.54) is 11.3 Å². The summed E-state index contributed by atoms with van der Waals surface area (Å²) >= 11 is 1.44. The van der Waals surface area contributed by atoms with Gasteiger partial charge in [0.25, 0.3) is 5.91 Å². The van der Waals surface area contributed by atoms with Crippen molar-refractivity contribution >= 4 is 34.0 Å². The van der Waals surface area contributed by atoms with Crippen molar-refractivity contribution in [1.29, 1.82) is 0 Å². The van der Waals surface area contributed by atoms with Gasteiger partial charge in [0, 0.05) is 16.6 Å². The van der Waals surface area contributed by atoms with Gasteiger partial charge in [0.1, 0.15) is 10.8 Å². The molecule has 3 rings (SSSR count). The van der Waals surface area contributed by atoms with Crippen LogP contribution in [0.3, 0.4) is 0 Å². The van der Waals surface area contributed by atoms with Crippen LogP contribution < -0.4 is 21.1 Å². The molecule has 1 aromatic heterocycles. The first-order valence-electron chi connectivity index (χ1n) is 7.75. The molecule has 2 aromatic rings. The lowest BCUT2D eigenvalue weighted by Crippen LogP contribution is -2.22. The van der Waals surface area contributed by atoms with E-state index in [9.17, 15) is 9.59 Å². The maximum Gasteiger partial charge on any atom is 0.324 e. The number of methoxy groups -OCH3 is 1. The Morgan fingerprint density at radius 1 is 1.21 bits per heavy atom. The van der Waals surface area contributed by atoms with Gasteiger partial charge < -0.3 is 15.8 Å². The summed E-state index contributed by atoms with van der Waals surface area (Å²) in [6.07, 6.45) is 3.91. The Morgan fingerprint density at radius 3 is 2.75 bits per heavy atom. The molecule has 126 valence electrons. The lowest BCUT2D eigenvalue weighted by molar-refractivity contribution is 0.100. The minimum Gasteiger partial charge on any atom is -0.497 e. The molecular formula is C17H19N3O3S. The number of benzene rings is 1. The van der Waals surface area contributed by atoms with Crippen molar-refractivity contribution in [2.75, 3.05) is 17.7 Å². The number of hydrogen-bond donors (Lipinski definition) is 3. The van der Waals surface area contributed by atoms with E-state index in [0.29, 0.717) is 22.0 Å². The summed E-state index contributed by atoms with van der Waals surface area (Å²) in [5.41, 5.74) is 7.58. The molecule has 6 nitrogen and oxygen atoms in total. The highest BCUT2D eigenvalue weighted by Gasteiger charge is 2.24. The maximum absolute atomic E-state index is 12.3. The molecule has 1 aliphatic carbocycles. The van der Waals surface area contributed by atoms with Gasteiger partial charge >= 0.3 is 6.03 Å². The third-order valence-corrected chi connectivity index (χ3v) is 5.18. The molecule has 1 heterocycles. The van der Waals surface area contributed by atoms with Crippen LogP contribution in [0.4, 0.5) is 15.5 Å².